The van der Waals surface area contributed by atoms with E-state index in [0.717, 1.165) is 43.1 Å². The summed E-state index contributed by atoms with van der Waals surface area (Å²) in [6, 6.07) is 20.6. The first-order valence-electron chi connectivity index (χ1n) is 11.1. The molecule has 1 N–H and O–H groups in total. The van der Waals surface area contributed by atoms with Gasteiger partial charge in [-0.25, -0.2) is 0 Å². The van der Waals surface area contributed by atoms with Gasteiger partial charge in [0.15, 0.2) is 0 Å². The Bertz CT molecular complexity index is 1090. The Hall–Kier alpha value is -3.54. The van der Waals surface area contributed by atoms with Crippen molar-refractivity contribution in [3.63, 3.8) is 0 Å². The van der Waals surface area contributed by atoms with Crippen LogP contribution in [0.25, 0.3) is 0 Å². The van der Waals surface area contributed by atoms with Gasteiger partial charge >= 0.3 is 0 Å². The maximum atomic E-state index is 13.4. The summed E-state index contributed by atoms with van der Waals surface area (Å²) in [5.74, 6) is 0.842. The van der Waals surface area contributed by atoms with E-state index < -0.39 is 0 Å². The second kappa shape index (κ2) is 8.91. The number of ether oxygens (including phenoxy) is 1. The van der Waals surface area contributed by atoms with Crippen LogP contribution in [0.5, 0.6) is 5.75 Å². The van der Waals surface area contributed by atoms with E-state index in [1.165, 1.54) is 11.3 Å². The molecule has 1 aromatic heterocycles. The molecule has 1 saturated heterocycles. The Morgan fingerprint density at radius 2 is 1.88 bits per heavy atom. The van der Waals surface area contributed by atoms with Crippen LogP contribution in [0.1, 0.15) is 11.1 Å². The molecule has 3 aromatic rings. The van der Waals surface area contributed by atoms with Crippen molar-refractivity contribution in [2.75, 3.05) is 36.5 Å². The van der Waals surface area contributed by atoms with Crippen LogP contribution in [-0.4, -0.2) is 43.7 Å². The standard InChI is InChI=1S/C26H28N4O2/c1-32-25-11-5-4-10-23(25)29-13-14-30-22-9-3-2-8-20(22)15-21(24(30)18-29)26(31)28-17-19-7-6-12-27-16-19/h2-12,16,21,24H,13-15,17-18H2,1H3,(H,28,31)/t21-,24+/m0/s1. The van der Waals surface area contributed by atoms with Gasteiger partial charge in [-0.3, -0.25) is 9.78 Å². The molecule has 1 fully saturated rings. The number of piperazine rings is 1. The van der Waals surface area contributed by atoms with Gasteiger partial charge in [0.2, 0.25) is 5.91 Å². The summed E-state index contributed by atoms with van der Waals surface area (Å²) in [7, 11) is 1.71. The molecule has 3 heterocycles. The van der Waals surface area contributed by atoms with E-state index in [0.29, 0.717) is 6.54 Å². The van der Waals surface area contributed by atoms with Crippen molar-refractivity contribution >= 4 is 17.3 Å². The number of benzene rings is 2. The Labute approximate surface area is 188 Å². The van der Waals surface area contributed by atoms with E-state index in [1.807, 2.05) is 30.3 Å². The molecule has 6 nitrogen and oxygen atoms in total. The number of hydrogen-bond acceptors (Lipinski definition) is 5. The van der Waals surface area contributed by atoms with Crippen LogP contribution >= 0.6 is 0 Å². The van der Waals surface area contributed by atoms with E-state index in [4.69, 9.17) is 4.74 Å². The molecule has 0 radical (unpaired) electrons. The van der Waals surface area contributed by atoms with Crippen LogP contribution < -0.4 is 19.9 Å². The van der Waals surface area contributed by atoms with Crippen molar-refractivity contribution in [1.82, 2.24) is 10.3 Å². The molecule has 6 heteroatoms. The number of pyridine rings is 1. The highest BCUT2D eigenvalue weighted by Crippen LogP contribution is 2.38. The van der Waals surface area contributed by atoms with Crippen molar-refractivity contribution in [3.05, 3.63) is 84.2 Å². The van der Waals surface area contributed by atoms with Gasteiger partial charge < -0.3 is 19.9 Å². The summed E-state index contributed by atoms with van der Waals surface area (Å²) in [6.07, 6.45) is 4.29. The number of para-hydroxylation sites is 3. The van der Waals surface area contributed by atoms with Crippen LogP contribution in [0.15, 0.2) is 73.1 Å². The summed E-state index contributed by atoms with van der Waals surface area (Å²) in [4.78, 5) is 22.3. The maximum Gasteiger partial charge on any atom is 0.225 e. The first kappa shape index (κ1) is 20.4. The van der Waals surface area contributed by atoms with Crippen molar-refractivity contribution in [1.29, 1.82) is 0 Å². The quantitative estimate of drug-likeness (QED) is 0.676. The van der Waals surface area contributed by atoms with E-state index in [2.05, 4.69) is 50.4 Å². The molecule has 0 saturated carbocycles. The topological polar surface area (TPSA) is 57.7 Å². The molecule has 2 aliphatic heterocycles. The number of aromatic nitrogens is 1. The first-order valence-corrected chi connectivity index (χ1v) is 11.1. The fraction of sp³-hybridized carbons (Fsp3) is 0.308. The third-order valence-electron chi connectivity index (χ3n) is 6.58. The van der Waals surface area contributed by atoms with Crippen LogP contribution in [0, 0.1) is 5.92 Å². The molecule has 5 rings (SSSR count). The van der Waals surface area contributed by atoms with Crippen molar-refractivity contribution in [2.45, 2.75) is 19.0 Å². The second-order valence-corrected chi connectivity index (χ2v) is 8.40. The number of carbonyl (C=O) groups is 1. The smallest absolute Gasteiger partial charge is 0.225 e. The van der Waals surface area contributed by atoms with E-state index >= 15 is 0 Å². The van der Waals surface area contributed by atoms with Gasteiger partial charge in [0.25, 0.3) is 0 Å². The highest BCUT2D eigenvalue weighted by Gasteiger charge is 2.41. The molecule has 0 bridgehead atoms. The predicted molar refractivity (Wildman–Crippen MR) is 126 cm³/mol. The van der Waals surface area contributed by atoms with Gasteiger partial charge in [0.1, 0.15) is 5.75 Å². The molecule has 2 aromatic carbocycles. The number of nitrogens with one attached hydrogen (secondary N) is 1. The molecule has 0 unspecified atom stereocenters. The minimum atomic E-state index is -0.126. The fourth-order valence-corrected chi connectivity index (χ4v) is 4.99. The van der Waals surface area contributed by atoms with Gasteiger partial charge in [0, 0.05) is 44.3 Å². The zero-order valence-corrected chi connectivity index (χ0v) is 18.3. The average Bonchev–Trinajstić information content (AvgIpc) is 2.87. The zero-order chi connectivity index (χ0) is 21.9. The number of anilines is 2. The summed E-state index contributed by atoms with van der Waals surface area (Å²) in [5, 5.41) is 3.16. The lowest BCUT2D eigenvalue weighted by Crippen LogP contribution is -2.61. The number of nitrogens with zero attached hydrogens (tertiary/aromatic N) is 3. The van der Waals surface area contributed by atoms with Gasteiger partial charge in [0.05, 0.1) is 24.8 Å². The Kier molecular flexibility index (Phi) is 5.67. The molecule has 2 aliphatic rings. The largest absolute Gasteiger partial charge is 0.495 e. The molecule has 2 atom stereocenters. The lowest BCUT2D eigenvalue weighted by molar-refractivity contribution is -0.126. The summed E-state index contributed by atoms with van der Waals surface area (Å²) >= 11 is 0. The molecular weight excluding hydrogens is 400 g/mol. The van der Waals surface area contributed by atoms with E-state index in [9.17, 15) is 4.79 Å². The van der Waals surface area contributed by atoms with Crippen LogP contribution in [0.2, 0.25) is 0 Å². The number of rotatable bonds is 5. The lowest BCUT2D eigenvalue weighted by Gasteiger charge is -2.49. The molecule has 0 spiro atoms. The molecule has 164 valence electrons. The fourth-order valence-electron chi connectivity index (χ4n) is 4.99. The summed E-state index contributed by atoms with van der Waals surface area (Å²) in [6.45, 7) is 3.02. The van der Waals surface area contributed by atoms with Crippen LogP contribution in [0.4, 0.5) is 11.4 Å². The Morgan fingerprint density at radius 1 is 1.06 bits per heavy atom. The molecular formula is C26H28N4O2. The number of fused-ring (bicyclic) bond motifs is 3. The summed E-state index contributed by atoms with van der Waals surface area (Å²) < 4.78 is 5.61. The van der Waals surface area contributed by atoms with Crippen LogP contribution in [0.3, 0.4) is 0 Å². The van der Waals surface area contributed by atoms with Crippen molar-refractivity contribution < 1.29 is 9.53 Å². The van der Waals surface area contributed by atoms with E-state index in [-0.39, 0.29) is 17.9 Å². The van der Waals surface area contributed by atoms with Gasteiger partial charge in [-0.2, -0.15) is 0 Å². The van der Waals surface area contributed by atoms with E-state index in [1.54, 1.807) is 19.5 Å². The first-order chi connectivity index (χ1) is 15.7. The Morgan fingerprint density at radius 3 is 2.69 bits per heavy atom. The second-order valence-electron chi connectivity index (χ2n) is 8.40. The normalized spacial score (nSPS) is 19.7. The lowest BCUT2D eigenvalue weighted by atomic mass is 9.83. The highest BCUT2D eigenvalue weighted by molar-refractivity contribution is 5.82. The predicted octanol–water partition coefficient (Wildman–Crippen LogP) is 3.27. The number of amides is 1. The minimum absolute atomic E-state index is 0.0949. The highest BCUT2D eigenvalue weighted by atomic mass is 16.5. The molecule has 1 amide bonds. The third kappa shape index (κ3) is 3.88. The summed E-state index contributed by atoms with van der Waals surface area (Å²) in [5.41, 5.74) is 4.60. The van der Waals surface area contributed by atoms with Gasteiger partial charge in [-0.1, -0.05) is 36.4 Å². The molecule has 0 aliphatic carbocycles. The number of hydrogen-bond donors (Lipinski definition) is 1. The van der Waals surface area contributed by atoms with Crippen molar-refractivity contribution in [3.8, 4) is 5.75 Å². The van der Waals surface area contributed by atoms with Gasteiger partial charge in [-0.05, 0) is 41.8 Å². The average molecular weight is 429 g/mol. The third-order valence-corrected chi connectivity index (χ3v) is 6.58. The number of methoxy groups -OCH3 is 1. The Balaban J connectivity index is 1.41. The maximum absolute atomic E-state index is 13.4. The minimum Gasteiger partial charge on any atom is -0.495 e. The SMILES string of the molecule is COc1ccccc1N1CCN2c3ccccc3C[C@H](C(=O)NCc3cccnc3)[C@H]2C1. The monoisotopic (exact) mass is 428 g/mol. The number of carbonyl (C=O) groups excluding carboxylic acids is 1. The molecule has 32 heavy (non-hydrogen) atoms. The zero-order valence-electron chi connectivity index (χ0n) is 18.3. The van der Waals surface area contributed by atoms with Crippen LogP contribution in [-0.2, 0) is 17.8 Å². The van der Waals surface area contributed by atoms with Gasteiger partial charge in [-0.15, -0.1) is 0 Å². The van der Waals surface area contributed by atoms with Crippen molar-refractivity contribution in [2.24, 2.45) is 5.92 Å².